The summed E-state index contributed by atoms with van der Waals surface area (Å²) in [6.45, 7) is -0.664. The fraction of sp³-hybridized carbons (Fsp3) is 0.294. The van der Waals surface area contributed by atoms with E-state index in [9.17, 15) is 13.2 Å². The predicted octanol–water partition coefficient (Wildman–Crippen LogP) is 3.54. The molecule has 5 nitrogen and oxygen atoms in total. The lowest BCUT2D eigenvalue weighted by molar-refractivity contribution is -0.154. The third-order valence-electron chi connectivity index (χ3n) is 3.27. The largest absolute Gasteiger partial charge is 0.468 e. The summed E-state index contributed by atoms with van der Waals surface area (Å²) < 4.78 is 41.7. The number of nitrogens with one attached hydrogen (secondary N) is 2. The Morgan fingerprint density at radius 1 is 1.15 bits per heavy atom. The van der Waals surface area contributed by atoms with Gasteiger partial charge in [0.25, 0.3) is 0 Å². The molecule has 0 amide bonds. The first-order valence-corrected chi connectivity index (χ1v) is 8.07. The van der Waals surface area contributed by atoms with Crippen molar-refractivity contribution in [1.29, 1.82) is 0 Å². The molecule has 0 unspecified atom stereocenters. The van der Waals surface area contributed by atoms with Gasteiger partial charge in [0.2, 0.25) is 5.88 Å². The number of hydrogen-bond acceptors (Lipinski definition) is 3. The number of pyridine rings is 1. The number of aliphatic imine (C=N–C) groups is 1. The zero-order chi connectivity index (χ0) is 19.0. The highest BCUT2D eigenvalue weighted by Gasteiger charge is 2.29. The van der Waals surface area contributed by atoms with E-state index in [0.717, 1.165) is 5.56 Å². The van der Waals surface area contributed by atoms with Crippen molar-refractivity contribution in [3.63, 3.8) is 0 Å². The molecule has 9 heteroatoms. The standard InChI is InChI=1S/C17H18ClF3N4O/c1-22-16(24-9-12-4-6-14(18)7-5-12)25-10-13-3-2-8-23-15(13)26-11-17(19,20)21/h2-8H,9-11H2,1H3,(H2,22,24,25). The van der Waals surface area contributed by atoms with Gasteiger partial charge in [-0.05, 0) is 23.8 Å². The molecule has 0 bridgehead atoms. The van der Waals surface area contributed by atoms with E-state index in [1.807, 2.05) is 12.1 Å². The van der Waals surface area contributed by atoms with Gasteiger partial charge in [0.05, 0.1) is 0 Å². The van der Waals surface area contributed by atoms with Gasteiger partial charge in [0.1, 0.15) is 0 Å². The van der Waals surface area contributed by atoms with Crippen LogP contribution in [0.3, 0.4) is 0 Å². The average Bonchev–Trinajstić information content (AvgIpc) is 2.61. The summed E-state index contributed by atoms with van der Waals surface area (Å²) in [4.78, 5) is 7.93. The van der Waals surface area contributed by atoms with E-state index in [0.29, 0.717) is 23.1 Å². The summed E-state index contributed by atoms with van der Waals surface area (Å²) in [6, 6.07) is 10.6. The Balaban J connectivity index is 1.90. The highest BCUT2D eigenvalue weighted by atomic mass is 35.5. The fourth-order valence-corrected chi connectivity index (χ4v) is 2.15. The van der Waals surface area contributed by atoms with Crippen LogP contribution in [0, 0.1) is 0 Å². The second-order valence-corrected chi connectivity index (χ2v) is 5.71. The molecular formula is C17H18ClF3N4O. The van der Waals surface area contributed by atoms with Gasteiger partial charge in [-0.1, -0.05) is 29.8 Å². The van der Waals surface area contributed by atoms with Crippen molar-refractivity contribution in [2.75, 3.05) is 13.7 Å². The van der Waals surface area contributed by atoms with E-state index in [1.54, 1.807) is 31.3 Å². The summed E-state index contributed by atoms with van der Waals surface area (Å²) in [6.07, 6.45) is -3.04. The van der Waals surface area contributed by atoms with Crippen LogP contribution in [0.15, 0.2) is 47.6 Å². The zero-order valence-corrected chi connectivity index (χ0v) is 14.7. The Labute approximate surface area is 154 Å². The van der Waals surface area contributed by atoms with E-state index in [4.69, 9.17) is 16.3 Å². The van der Waals surface area contributed by atoms with Crippen LogP contribution in [0.1, 0.15) is 11.1 Å². The van der Waals surface area contributed by atoms with Crippen molar-refractivity contribution >= 4 is 17.6 Å². The van der Waals surface area contributed by atoms with Gasteiger partial charge in [-0.3, -0.25) is 4.99 Å². The molecule has 1 aromatic carbocycles. The molecule has 2 rings (SSSR count). The lowest BCUT2D eigenvalue weighted by Crippen LogP contribution is -2.36. The molecule has 0 saturated carbocycles. The second kappa shape index (κ2) is 9.28. The van der Waals surface area contributed by atoms with E-state index < -0.39 is 12.8 Å². The molecule has 1 heterocycles. The second-order valence-electron chi connectivity index (χ2n) is 5.28. The Morgan fingerprint density at radius 2 is 1.85 bits per heavy atom. The molecule has 2 aromatic rings. The van der Waals surface area contributed by atoms with Crippen molar-refractivity contribution in [3.05, 3.63) is 58.7 Å². The van der Waals surface area contributed by atoms with Crippen LogP contribution in [0.4, 0.5) is 13.2 Å². The summed E-state index contributed by atoms with van der Waals surface area (Å²) in [5.74, 6) is 0.427. The number of guanidine groups is 1. The summed E-state index contributed by atoms with van der Waals surface area (Å²) in [5, 5.41) is 6.77. The van der Waals surface area contributed by atoms with Crippen molar-refractivity contribution < 1.29 is 17.9 Å². The molecule has 0 aliphatic heterocycles. The molecule has 0 fully saturated rings. The van der Waals surface area contributed by atoms with Crippen LogP contribution >= 0.6 is 11.6 Å². The Bertz CT molecular complexity index is 736. The van der Waals surface area contributed by atoms with Crippen LogP contribution in [-0.2, 0) is 13.1 Å². The van der Waals surface area contributed by atoms with E-state index in [-0.39, 0.29) is 12.4 Å². The molecule has 0 radical (unpaired) electrons. The van der Waals surface area contributed by atoms with Crippen molar-refractivity contribution in [3.8, 4) is 5.88 Å². The number of nitrogens with zero attached hydrogens (tertiary/aromatic N) is 2. The molecule has 26 heavy (non-hydrogen) atoms. The molecule has 0 aliphatic rings. The number of hydrogen-bond donors (Lipinski definition) is 2. The maximum Gasteiger partial charge on any atom is 0.422 e. The van der Waals surface area contributed by atoms with Crippen LogP contribution < -0.4 is 15.4 Å². The highest BCUT2D eigenvalue weighted by Crippen LogP contribution is 2.19. The predicted molar refractivity (Wildman–Crippen MR) is 94.3 cm³/mol. The lowest BCUT2D eigenvalue weighted by atomic mass is 10.2. The van der Waals surface area contributed by atoms with Gasteiger partial charge in [-0.2, -0.15) is 13.2 Å². The molecule has 2 N–H and O–H groups in total. The van der Waals surface area contributed by atoms with Crippen LogP contribution in [0.2, 0.25) is 5.02 Å². The smallest absolute Gasteiger partial charge is 0.422 e. The Kier molecular flexibility index (Phi) is 7.08. The van der Waals surface area contributed by atoms with Crippen LogP contribution in [0.5, 0.6) is 5.88 Å². The van der Waals surface area contributed by atoms with Gasteiger partial charge in [0, 0.05) is 36.9 Å². The first kappa shape index (κ1) is 19.8. The minimum absolute atomic E-state index is 0.0644. The molecule has 140 valence electrons. The third kappa shape index (κ3) is 6.79. The van der Waals surface area contributed by atoms with Gasteiger partial charge < -0.3 is 15.4 Å². The normalized spacial score (nSPS) is 12.0. The number of benzene rings is 1. The van der Waals surface area contributed by atoms with Gasteiger partial charge >= 0.3 is 6.18 Å². The fourth-order valence-electron chi connectivity index (χ4n) is 2.03. The topological polar surface area (TPSA) is 58.5 Å². The van der Waals surface area contributed by atoms with Crippen LogP contribution in [0.25, 0.3) is 0 Å². The maximum atomic E-state index is 12.3. The molecule has 1 aromatic heterocycles. The molecule has 0 saturated heterocycles. The first-order valence-electron chi connectivity index (χ1n) is 7.70. The van der Waals surface area contributed by atoms with Crippen molar-refractivity contribution in [2.45, 2.75) is 19.3 Å². The Morgan fingerprint density at radius 3 is 2.50 bits per heavy atom. The van der Waals surface area contributed by atoms with Crippen LogP contribution in [-0.4, -0.2) is 30.8 Å². The van der Waals surface area contributed by atoms with E-state index >= 15 is 0 Å². The number of aromatic nitrogens is 1. The summed E-state index contributed by atoms with van der Waals surface area (Å²) in [5.41, 5.74) is 1.50. The van der Waals surface area contributed by atoms with Gasteiger partial charge in [0.15, 0.2) is 12.6 Å². The SMILES string of the molecule is CN=C(NCc1ccc(Cl)cc1)NCc1cccnc1OCC(F)(F)F. The summed E-state index contributed by atoms with van der Waals surface area (Å²) in [7, 11) is 1.60. The number of rotatable bonds is 6. The van der Waals surface area contributed by atoms with E-state index in [2.05, 4.69) is 20.6 Å². The number of alkyl halides is 3. The maximum absolute atomic E-state index is 12.3. The lowest BCUT2D eigenvalue weighted by Gasteiger charge is -2.15. The molecule has 0 aliphatic carbocycles. The molecule has 0 spiro atoms. The van der Waals surface area contributed by atoms with E-state index in [1.165, 1.54) is 6.20 Å². The minimum Gasteiger partial charge on any atom is -0.468 e. The number of halogens is 4. The van der Waals surface area contributed by atoms with Crippen molar-refractivity contribution in [1.82, 2.24) is 15.6 Å². The van der Waals surface area contributed by atoms with Gasteiger partial charge in [-0.15, -0.1) is 0 Å². The van der Waals surface area contributed by atoms with Gasteiger partial charge in [-0.25, -0.2) is 4.98 Å². The van der Waals surface area contributed by atoms with Crippen molar-refractivity contribution in [2.24, 2.45) is 4.99 Å². The first-order chi connectivity index (χ1) is 12.4. The Hall–Kier alpha value is -2.48. The number of ether oxygens (including phenoxy) is 1. The zero-order valence-electron chi connectivity index (χ0n) is 14.0. The third-order valence-corrected chi connectivity index (χ3v) is 3.52. The highest BCUT2D eigenvalue weighted by molar-refractivity contribution is 6.30. The quantitative estimate of drug-likeness (QED) is 0.589. The molecular weight excluding hydrogens is 369 g/mol. The average molecular weight is 387 g/mol. The monoisotopic (exact) mass is 386 g/mol. The molecule has 0 atom stereocenters. The summed E-state index contributed by atoms with van der Waals surface area (Å²) >= 11 is 5.84. The minimum atomic E-state index is -4.42.